The van der Waals surface area contributed by atoms with Gasteiger partial charge in [-0.05, 0) is 11.8 Å². The summed E-state index contributed by atoms with van der Waals surface area (Å²) in [6.45, 7) is 0. The van der Waals surface area contributed by atoms with E-state index in [1.54, 1.807) is 6.26 Å². The minimum absolute atomic E-state index is 0.0313. The lowest BCUT2D eigenvalue weighted by Crippen LogP contribution is -2.16. The Kier molecular flexibility index (Phi) is 2.27. The Morgan fingerprint density at radius 2 is 1.93 bits per heavy atom. The van der Waals surface area contributed by atoms with Crippen molar-refractivity contribution >= 4 is 15.7 Å². The third kappa shape index (κ3) is 1.64. The maximum Gasteiger partial charge on any atom is 0.144 e. The second-order valence-corrected chi connectivity index (χ2v) is 7.29. The quantitative estimate of drug-likeness (QED) is 0.710. The average molecular weight is 210 g/mol. The van der Waals surface area contributed by atoms with E-state index in [1.165, 1.54) is 0 Å². The molecule has 1 atom stereocenters. The Hall–Kier alpha value is -0.960. The SMILES string of the molecule is C[SH]1(=O)CC(=O)CC1c1ccccc1. The minimum atomic E-state index is -2.28. The van der Waals surface area contributed by atoms with Crippen molar-refractivity contribution in [3.8, 4) is 0 Å². The molecule has 1 fully saturated rings. The van der Waals surface area contributed by atoms with Crippen LogP contribution in [-0.4, -0.2) is 22.0 Å². The van der Waals surface area contributed by atoms with Gasteiger partial charge in [0.1, 0.15) is 5.78 Å². The van der Waals surface area contributed by atoms with E-state index in [2.05, 4.69) is 0 Å². The molecule has 14 heavy (non-hydrogen) atoms. The van der Waals surface area contributed by atoms with Gasteiger partial charge in [-0.25, -0.2) is 0 Å². The van der Waals surface area contributed by atoms with Crippen LogP contribution in [-0.2, 0) is 14.7 Å². The first kappa shape index (κ1) is 9.59. The summed E-state index contributed by atoms with van der Waals surface area (Å²) in [5.74, 6) is 0.428. The number of rotatable bonds is 1. The molecule has 0 aromatic heterocycles. The highest BCUT2D eigenvalue weighted by Crippen LogP contribution is 2.36. The summed E-state index contributed by atoms with van der Waals surface area (Å²) in [4.78, 5) is 11.3. The van der Waals surface area contributed by atoms with Crippen LogP contribution in [0.3, 0.4) is 0 Å². The van der Waals surface area contributed by atoms with E-state index in [0.29, 0.717) is 6.42 Å². The first-order valence-corrected chi connectivity index (χ1v) is 7.13. The zero-order valence-electron chi connectivity index (χ0n) is 8.14. The van der Waals surface area contributed by atoms with Gasteiger partial charge in [-0.1, -0.05) is 40.3 Å². The molecule has 0 aliphatic carbocycles. The minimum Gasteiger partial charge on any atom is -0.299 e. The number of ketones is 1. The van der Waals surface area contributed by atoms with Crippen LogP contribution in [0.4, 0.5) is 0 Å². The molecule has 1 aromatic carbocycles. The largest absolute Gasteiger partial charge is 0.299 e. The van der Waals surface area contributed by atoms with Crippen LogP contribution < -0.4 is 0 Å². The van der Waals surface area contributed by atoms with Crippen molar-refractivity contribution in [3.63, 3.8) is 0 Å². The Morgan fingerprint density at radius 1 is 1.29 bits per heavy atom. The Morgan fingerprint density at radius 3 is 2.43 bits per heavy atom. The molecule has 0 bridgehead atoms. The van der Waals surface area contributed by atoms with E-state index in [0.717, 1.165) is 5.56 Å². The Balaban J connectivity index is 2.37. The fourth-order valence-corrected chi connectivity index (χ4v) is 4.48. The molecule has 1 unspecified atom stereocenters. The first-order valence-electron chi connectivity index (χ1n) is 4.72. The fraction of sp³-hybridized carbons (Fsp3) is 0.364. The second kappa shape index (κ2) is 3.31. The number of hydrogen-bond acceptors (Lipinski definition) is 2. The van der Waals surface area contributed by atoms with Crippen LogP contribution in [0.1, 0.15) is 17.2 Å². The Bertz CT molecular complexity index is 397. The molecule has 0 spiro atoms. The van der Waals surface area contributed by atoms with Gasteiger partial charge in [0.15, 0.2) is 0 Å². The molecule has 0 radical (unpaired) electrons. The smallest absolute Gasteiger partial charge is 0.144 e. The zero-order valence-corrected chi connectivity index (χ0v) is 9.04. The lowest BCUT2D eigenvalue weighted by molar-refractivity contribution is -0.116. The number of thiol groups is 1. The maximum atomic E-state index is 12.1. The van der Waals surface area contributed by atoms with Crippen LogP contribution in [0.5, 0.6) is 0 Å². The Labute approximate surface area is 84.8 Å². The van der Waals surface area contributed by atoms with Crippen molar-refractivity contribution in [2.24, 2.45) is 0 Å². The summed E-state index contributed by atoms with van der Waals surface area (Å²) in [7, 11) is -2.28. The summed E-state index contributed by atoms with van der Waals surface area (Å²) in [5, 5.41) is -0.0313. The number of carbonyl (C=O) groups excluding carboxylic acids is 1. The topological polar surface area (TPSA) is 34.1 Å². The van der Waals surface area contributed by atoms with Gasteiger partial charge in [-0.3, -0.25) is 9.00 Å². The van der Waals surface area contributed by atoms with Gasteiger partial charge in [-0.2, -0.15) is 0 Å². The lowest BCUT2D eigenvalue weighted by Gasteiger charge is -2.19. The molecule has 1 aromatic rings. The van der Waals surface area contributed by atoms with E-state index >= 15 is 0 Å². The summed E-state index contributed by atoms with van der Waals surface area (Å²) in [6.07, 6.45) is 2.20. The van der Waals surface area contributed by atoms with E-state index in [4.69, 9.17) is 0 Å². The molecule has 2 nitrogen and oxygen atoms in total. The number of carbonyl (C=O) groups is 1. The van der Waals surface area contributed by atoms with Crippen LogP contribution in [0.25, 0.3) is 0 Å². The van der Waals surface area contributed by atoms with Crippen LogP contribution in [0.2, 0.25) is 0 Å². The van der Waals surface area contributed by atoms with E-state index in [1.807, 2.05) is 30.3 Å². The summed E-state index contributed by atoms with van der Waals surface area (Å²) < 4.78 is 12.1. The number of benzene rings is 1. The second-order valence-electron chi connectivity index (χ2n) is 4.00. The highest BCUT2D eigenvalue weighted by atomic mass is 32.2. The van der Waals surface area contributed by atoms with Crippen molar-refractivity contribution in [1.29, 1.82) is 0 Å². The van der Waals surface area contributed by atoms with Crippen molar-refractivity contribution in [3.05, 3.63) is 35.9 Å². The molecule has 1 aliphatic rings. The highest BCUT2D eigenvalue weighted by molar-refractivity contribution is 8.03. The van der Waals surface area contributed by atoms with Crippen LogP contribution in [0.15, 0.2) is 30.3 Å². The van der Waals surface area contributed by atoms with Gasteiger partial charge in [0.25, 0.3) is 0 Å². The van der Waals surface area contributed by atoms with Gasteiger partial charge in [-0.15, -0.1) is 0 Å². The lowest BCUT2D eigenvalue weighted by atomic mass is 10.1. The molecule has 1 heterocycles. The molecular formula is C11H14O2S. The maximum absolute atomic E-state index is 12.1. The first-order chi connectivity index (χ1) is 6.59. The van der Waals surface area contributed by atoms with E-state index in [-0.39, 0.29) is 16.8 Å². The molecule has 3 heteroatoms. The predicted molar refractivity (Wildman–Crippen MR) is 59.1 cm³/mol. The van der Waals surface area contributed by atoms with Crippen LogP contribution in [0, 0.1) is 0 Å². The standard InChI is InChI=1S/C11H14O2S/c1-14(13)8-10(12)7-11(14)9-5-3-2-4-6-9/h2-6,11,14H,7-8H2,1H3. The zero-order chi connectivity index (χ0) is 10.2. The third-order valence-electron chi connectivity index (χ3n) is 2.75. The number of hydrogen-bond donors (Lipinski definition) is 1. The molecule has 1 saturated heterocycles. The van der Waals surface area contributed by atoms with Gasteiger partial charge in [0, 0.05) is 11.7 Å². The molecule has 0 N–H and O–H groups in total. The van der Waals surface area contributed by atoms with Gasteiger partial charge in [0.05, 0.1) is 5.75 Å². The molecule has 0 amide bonds. The summed E-state index contributed by atoms with van der Waals surface area (Å²) in [6, 6.07) is 9.70. The predicted octanol–water partition coefficient (Wildman–Crippen LogP) is 1.35. The normalized spacial score (nSPS) is 27.5. The number of Topliss-reactive ketones (excluding diaryl/α,β-unsaturated/α-hetero) is 1. The van der Waals surface area contributed by atoms with Crippen molar-refractivity contribution in [2.75, 3.05) is 12.0 Å². The third-order valence-corrected chi connectivity index (χ3v) is 5.53. The van der Waals surface area contributed by atoms with Gasteiger partial charge >= 0.3 is 0 Å². The molecular weight excluding hydrogens is 196 g/mol. The monoisotopic (exact) mass is 210 g/mol. The van der Waals surface area contributed by atoms with E-state index in [9.17, 15) is 9.00 Å². The van der Waals surface area contributed by atoms with Gasteiger partial charge < -0.3 is 0 Å². The van der Waals surface area contributed by atoms with Gasteiger partial charge in [0.2, 0.25) is 0 Å². The summed E-state index contributed by atoms with van der Waals surface area (Å²) in [5.41, 5.74) is 1.05. The average Bonchev–Trinajstić information content (AvgIpc) is 2.41. The molecule has 2 rings (SSSR count). The highest BCUT2D eigenvalue weighted by Gasteiger charge is 2.35. The van der Waals surface area contributed by atoms with Crippen molar-refractivity contribution in [1.82, 2.24) is 0 Å². The summed E-state index contributed by atoms with van der Waals surface area (Å²) >= 11 is 0. The van der Waals surface area contributed by atoms with Crippen molar-refractivity contribution in [2.45, 2.75) is 11.7 Å². The molecule has 76 valence electrons. The van der Waals surface area contributed by atoms with E-state index < -0.39 is 9.93 Å². The molecule has 1 aliphatic heterocycles. The molecule has 0 saturated carbocycles. The van der Waals surface area contributed by atoms with Crippen LogP contribution >= 0.6 is 0 Å². The van der Waals surface area contributed by atoms with Crippen molar-refractivity contribution < 1.29 is 9.00 Å². The fourth-order valence-electron chi connectivity index (χ4n) is 2.04.